The average molecular weight is 394 g/mol. The Hall–Kier alpha value is -2.80. The molecule has 1 aliphatic heterocycles. The van der Waals surface area contributed by atoms with Crippen molar-refractivity contribution in [1.29, 1.82) is 0 Å². The van der Waals surface area contributed by atoms with E-state index in [1.807, 2.05) is 4.90 Å². The van der Waals surface area contributed by atoms with Crippen LogP contribution in [0.5, 0.6) is 0 Å². The highest BCUT2D eigenvalue weighted by molar-refractivity contribution is 6.07. The van der Waals surface area contributed by atoms with E-state index in [0.29, 0.717) is 47.9 Å². The number of carbonyl (C=O) groups is 1. The summed E-state index contributed by atoms with van der Waals surface area (Å²) in [5.74, 6) is -0.0443. The van der Waals surface area contributed by atoms with Crippen molar-refractivity contribution < 1.29 is 13.7 Å². The predicted molar refractivity (Wildman–Crippen MR) is 107 cm³/mol. The lowest BCUT2D eigenvalue weighted by atomic mass is 9.90. The number of fused-ring (bicyclic) bond motifs is 1. The number of benzene rings is 1. The molecule has 0 spiro atoms. The molecule has 2 aliphatic rings. The first-order chi connectivity index (χ1) is 14.0. The standard InChI is InChI=1S/C22H23FN4O2/c1-22(11-24)8-9-27(12-22)21(28)16-10-17(13-4-6-15(23)7-5-13)25-20-18(16)19(26-29-20)14-2-3-14/h4-7,10,14H,2-3,8-9,11-12,24H2,1H3. The lowest BCUT2D eigenvalue weighted by molar-refractivity contribution is 0.0778. The Morgan fingerprint density at radius 3 is 2.76 bits per heavy atom. The fourth-order valence-corrected chi connectivity index (χ4v) is 4.08. The number of pyridine rings is 1. The van der Waals surface area contributed by atoms with Gasteiger partial charge in [-0.15, -0.1) is 0 Å². The van der Waals surface area contributed by atoms with Crippen LogP contribution in [0.2, 0.25) is 0 Å². The highest BCUT2D eigenvalue weighted by Gasteiger charge is 2.38. The Kier molecular flexibility index (Phi) is 4.17. The molecule has 5 rings (SSSR count). The molecule has 1 amide bonds. The van der Waals surface area contributed by atoms with E-state index in [9.17, 15) is 9.18 Å². The van der Waals surface area contributed by atoms with Gasteiger partial charge in [0.2, 0.25) is 0 Å². The van der Waals surface area contributed by atoms with Gasteiger partial charge in [-0.25, -0.2) is 9.37 Å². The molecule has 0 bridgehead atoms. The molecule has 2 aromatic heterocycles. The van der Waals surface area contributed by atoms with E-state index in [1.165, 1.54) is 12.1 Å². The van der Waals surface area contributed by atoms with Crippen molar-refractivity contribution in [3.63, 3.8) is 0 Å². The molecule has 2 fully saturated rings. The van der Waals surface area contributed by atoms with Gasteiger partial charge in [0.1, 0.15) is 5.82 Å². The van der Waals surface area contributed by atoms with Crippen molar-refractivity contribution in [3.8, 4) is 11.3 Å². The Morgan fingerprint density at radius 2 is 2.10 bits per heavy atom. The van der Waals surface area contributed by atoms with E-state index in [2.05, 4.69) is 17.1 Å². The van der Waals surface area contributed by atoms with Crippen LogP contribution in [0.1, 0.15) is 48.2 Å². The number of likely N-dealkylation sites (tertiary alicyclic amines) is 1. The molecule has 3 aromatic rings. The van der Waals surface area contributed by atoms with E-state index in [-0.39, 0.29) is 17.1 Å². The molecule has 7 heteroatoms. The number of aromatic nitrogens is 2. The number of nitrogens with two attached hydrogens (primary N) is 1. The summed E-state index contributed by atoms with van der Waals surface area (Å²) in [6.07, 6.45) is 2.97. The smallest absolute Gasteiger partial charge is 0.259 e. The highest BCUT2D eigenvalue weighted by atomic mass is 19.1. The zero-order valence-electron chi connectivity index (χ0n) is 16.3. The monoisotopic (exact) mass is 394 g/mol. The third-order valence-corrected chi connectivity index (χ3v) is 6.15. The van der Waals surface area contributed by atoms with Crippen LogP contribution in [0.15, 0.2) is 34.9 Å². The molecule has 6 nitrogen and oxygen atoms in total. The summed E-state index contributed by atoms with van der Waals surface area (Å²) < 4.78 is 18.9. The summed E-state index contributed by atoms with van der Waals surface area (Å²) in [7, 11) is 0. The van der Waals surface area contributed by atoms with Gasteiger partial charge in [-0.05, 0) is 61.6 Å². The third kappa shape index (κ3) is 3.19. The summed E-state index contributed by atoms with van der Waals surface area (Å²) in [4.78, 5) is 20.0. The molecule has 0 radical (unpaired) electrons. The van der Waals surface area contributed by atoms with Gasteiger partial charge < -0.3 is 15.2 Å². The highest BCUT2D eigenvalue weighted by Crippen LogP contribution is 2.44. The van der Waals surface area contributed by atoms with E-state index in [0.717, 1.165) is 30.5 Å². The topological polar surface area (TPSA) is 85.2 Å². The second-order valence-electron chi connectivity index (χ2n) is 8.58. The number of carbonyl (C=O) groups excluding carboxylic acids is 1. The van der Waals surface area contributed by atoms with Crippen LogP contribution in [0.4, 0.5) is 4.39 Å². The third-order valence-electron chi connectivity index (χ3n) is 6.15. The molecule has 1 saturated carbocycles. The average Bonchev–Trinajstić information content (AvgIpc) is 3.36. The fourth-order valence-electron chi connectivity index (χ4n) is 4.08. The Labute approximate surface area is 167 Å². The molecule has 1 atom stereocenters. The minimum Gasteiger partial charge on any atom is -0.338 e. The zero-order valence-corrected chi connectivity index (χ0v) is 16.3. The van der Waals surface area contributed by atoms with Gasteiger partial charge in [0, 0.05) is 24.6 Å². The first-order valence-electron chi connectivity index (χ1n) is 10.0. The van der Waals surface area contributed by atoms with E-state index >= 15 is 0 Å². The summed E-state index contributed by atoms with van der Waals surface area (Å²) >= 11 is 0. The molecule has 1 saturated heterocycles. The Bertz CT molecular complexity index is 1090. The molecular formula is C22H23FN4O2. The fraction of sp³-hybridized carbons (Fsp3) is 0.409. The van der Waals surface area contributed by atoms with E-state index in [1.54, 1.807) is 18.2 Å². The number of hydrogen-bond acceptors (Lipinski definition) is 5. The minimum atomic E-state index is -0.319. The van der Waals surface area contributed by atoms with Crippen molar-refractivity contribution in [2.75, 3.05) is 19.6 Å². The molecule has 150 valence electrons. The first-order valence-corrected chi connectivity index (χ1v) is 10.0. The quantitative estimate of drug-likeness (QED) is 0.729. The number of rotatable bonds is 4. The van der Waals surface area contributed by atoms with Crippen molar-refractivity contribution in [2.24, 2.45) is 11.1 Å². The second-order valence-corrected chi connectivity index (χ2v) is 8.58. The van der Waals surface area contributed by atoms with Gasteiger partial charge >= 0.3 is 0 Å². The molecule has 1 unspecified atom stereocenters. The number of halogens is 1. The lowest BCUT2D eigenvalue weighted by Gasteiger charge is -2.23. The summed E-state index contributed by atoms with van der Waals surface area (Å²) in [6.45, 7) is 3.96. The SMILES string of the molecule is CC1(CN)CCN(C(=O)c2cc(-c3ccc(F)cc3)nc3onc(C4CC4)c23)C1. The van der Waals surface area contributed by atoms with E-state index in [4.69, 9.17) is 10.3 Å². The Balaban J connectivity index is 1.62. The normalized spacial score (nSPS) is 21.8. The van der Waals surface area contributed by atoms with Gasteiger partial charge in [0.05, 0.1) is 22.3 Å². The van der Waals surface area contributed by atoms with Gasteiger partial charge in [-0.2, -0.15) is 0 Å². The minimum absolute atomic E-state index is 0.0527. The molecular weight excluding hydrogens is 371 g/mol. The maximum absolute atomic E-state index is 13.5. The van der Waals surface area contributed by atoms with Crippen LogP contribution in [0.3, 0.4) is 0 Å². The van der Waals surface area contributed by atoms with Crippen LogP contribution in [-0.4, -0.2) is 40.6 Å². The lowest BCUT2D eigenvalue weighted by Crippen LogP contribution is -2.34. The summed E-state index contributed by atoms with van der Waals surface area (Å²) in [5.41, 5.74) is 8.89. The number of amides is 1. The maximum Gasteiger partial charge on any atom is 0.259 e. The van der Waals surface area contributed by atoms with Crippen LogP contribution >= 0.6 is 0 Å². The van der Waals surface area contributed by atoms with Crippen LogP contribution in [0.25, 0.3) is 22.4 Å². The first kappa shape index (κ1) is 18.2. The summed E-state index contributed by atoms with van der Waals surface area (Å²) in [5, 5.41) is 4.95. The molecule has 1 aromatic carbocycles. The number of nitrogens with zero attached hydrogens (tertiary/aromatic N) is 3. The second kappa shape index (κ2) is 6.62. The van der Waals surface area contributed by atoms with Crippen LogP contribution in [-0.2, 0) is 0 Å². The maximum atomic E-state index is 13.5. The van der Waals surface area contributed by atoms with Crippen molar-refractivity contribution >= 4 is 17.0 Å². The van der Waals surface area contributed by atoms with Crippen LogP contribution in [0, 0.1) is 11.2 Å². The predicted octanol–water partition coefficient (Wildman–Crippen LogP) is 3.72. The Morgan fingerprint density at radius 1 is 1.34 bits per heavy atom. The van der Waals surface area contributed by atoms with Crippen molar-refractivity contribution in [2.45, 2.75) is 32.1 Å². The van der Waals surface area contributed by atoms with Crippen molar-refractivity contribution in [3.05, 3.63) is 47.4 Å². The van der Waals surface area contributed by atoms with Gasteiger partial charge in [0.25, 0.3) is 11.6 Å². The van der Waals surface area contributed by atoms with Gasteiger partial charge in [0.15, 0.2) is 0 Å². The molecule has 2 N–H and O–H groups in total. The van der Waals surface area contributed by atoms with Gasteiger partial charge in [-0.1, -0.05) is 12.1 Å². The van der Waals surface area contributed by atoms with Gasteiger partial charge in [-0.3, -0.25) is 4.79 Å². The van der Waals surface area contributed by atoms with E-state index < -0.39 is 0 Å². The molecule has 29 heavy (non-hydrogen) atoms. The molecule has 3 heterocycles. The number of hydrogen-bond donors (Lipinski definition) is 1. The zero-order chi connectivity index (χ0) is 20.2. The molecule has 1 aliphatic carbocycles. The summed E-state index contributed by atoms with van der Waals surface area (Å²) in [6, 6.07) is 7.85. The van der Waals surface area contributed by atoms with Crippen molar-refractivity contribution in [1.82, 2.24) is 15.0 Å². The largest absolute Gasteiger partial charge is 0.338 e. The van der Waals surface area contributed by atoms with Crippen LogP contribution < -0.4 is 5.73 Å².